The van der Waals surface area contributed by atoms with Crippen LogP contribution in [0.4, 0.5) is 0 Å². The van der Waals surface area contributed by atoms with Crippen molar-refractivity contribution in [1.29, 1.82) is 0 Å². The van der Waals surface area contributed by atoms with Crippen LogP contribution >= 0.6 is 0 Å². The third-order valence-corrected chi connectivity index (χ3v) is 9.72. The molecule has 270 valence electrons. The Kier molecular flexibility index (Phi) is 20.6. The Balaban J connectivity index is 2.00. The first-order chi connectivity index (χ1) is 23.1. The fourth-order valence-corrected chi connectivity index (χ4v) is 6.64. The van der Waals surface area contributed by atoms with Gasteiger partial charge in [-0.1, -0.05) is 89.5 Å². The van der Waals surface area contributed by atoms with E-state index in [9.17, 15) is 0 Å². The summed E-state index contributed by atoms with van der Waals surface area (Å²) in [7, 11) is 9.45. The van der Waals surface area contributed by atoms with E-state index in [1.165, 1.54) is 101 Å². The predicted octanol–water partition coefficient (Wildman–Crippen LogP) is 11.2. The maximum absolute atomic E-state index is 6.49. The molecule has 0 spiro atoms. The Bertz CT molecular complexity index is 1170. The van der Waals surface area contributed by atoms with Gasteiger partial charge in [-0.05, 0) is 79.5 Å². The van der Waals surface area contributed by atoms with Gasteiger partial charge in [0.2, 0.25) is 0 Å². The third-order valence-electron chi connectivity index (χ3n) is 9.72. The van der Waals surface area contributed by atoms with E-state index in [4.69, 9.17) is 9.47 Å². The molecule has 0 radical (unpaired) electrons. The van der Waals surface area contributed by atoms with Gasteiger partial charge in [-0.3, -0.25) is 0 Å². The van der Waals surface area contributed by atoms with Gasteiger partial charge in [0.25, 0.3) is 0 Å². The molecule has 0 saturated heterocycles. The van der Waals surface area contributed by atoms with Gasteiger partial charge in [0, 0.05) is 18.4 Å². The quantitative estimate of drug-likeness (QED) is 0.0490. The van der Waals surface area contributed by atoms with Crippen LogP contribution in [0.25, 0.3) is 11.1 Å². The molecule has 0 heterocycles. The number of allylic oxidation sites excluding steroid dienone is 2. The van der Waals surface area contributed by atoms with Crippen molar-refractivity contribution in [3.63, 3.8) is 0 Å². The van der Waals surface area contributed by atoms with Crippen molar-refractivity contribution >= 4 is 0 Å². The molecule has 0 aliphatic carbocycles. The number of hydrogen-bond donors (Lipinski definition) is 0. The summed E-state index contributed by atoms with van der Waals surface area (Å²) in [5, 5.41) is 0. The lowest BCUT2D eigenvalue weighted by atomic mass is 9.97. The second-order valence-corrected chi connectivity index (χ2v) is 15.3. The maximum atomic E-state index is 6.49. The smallest absolute Gasteiger partial charge is 0.127 e. The van der Waals surface area contributed by atoms with Crippen molar-refractivity contribution in [2.75, 3.05) is 67.6 Å². The number of nitrogens with zero attached hydrogens (tertiary/aromatic N) is 2. The van der Waals surface area contributed by atoms with Crippen molar-refractivity contribution in [3.8, 4) is 22.6 Å². The van der Waals surface area contributed by atoms with Gasteiger partial charge in [-0.25, -0.2) is 0 Å². The monoisotopic (exact) mass is 663 g/mol. The average molecular weight is 663 g/mol. The number of quaternary nitrogens is 2. The summed E-state index contributed by atoms with van der Waals surface area (Å²) < 4.78 is 15.0. The Labute approximate surface area is 297 Å². The lowest BCUT2D eigenvalue weighted by Gasteiger charge is -2.30. The molecule has 2 aromatic rings. The SMILES string of the molecule is C=CCc1ccc(OCCC[N+](C)(C)CCCCCCCC)c(-c2ccc(OCCC[N+](C)(C)CCCCCCCC)c(CC=C)c2)c1. The number of benzene rings is 2. The predicted molar refractivity (Wildman–Crippen MR) is 210 cm³/mol. The highest BCUT2D eigenvalue weighted by Gasteiger charge is 2.17. The van der Waals surface area contributed by atoms with Crippen LogP contribution < -0.4 is 9.47 Å². The van der Waals surface area contributed by atoms with Crippen molar-refractivity contribution in [1.82, 2.24) is 0 Å². The molecule has 2 rings (SSSR count). The Hall–Kier alpha value is -2.56. The normalized spacial score (nSPS) is 11.9. The zero-order valence-corrected chi connectivity index (χ0v) is 32.3. The third kappa shape index (κ3) is 17.2. The highest BCUT2D eigenvalue weighted by Crippen LogP contribution is 2.35. The molecule has 2 aromatic carbocycles. The minimum atomic E-state index is 0.723. The van der Waals surface area contributed by atoms with E-state index in [2.05, 4.69) is 91.6 Å². The Morgan fingerprint density at radius 2 is 1.02 bits per heavy atom. The second-order valence-electron chi connectivity index (χ2n) is 15.3. The van der Waals surface area contributed by atoms with Crippen LogP contribution in [-0.4, -0.2) is 76.5 Å². The highest BCUT2D eigenvalue weighted by atomic mass is 16.5. The lowest BCUT2D eigenvalue weighted by molar-refractivity contribution is -0.890. The fourth-order valence-electron chi connectivity index (χ4n) is 6.64. The topological polar surface area (TPSA) is 18.5 Å². The molecule has 0 aromatic heterocycles. The Morgan fingerprint density at radius 3 is 1.56 bits per heavy atom. The number of hydrogen-bond acceptors (Lipinski definition) is 2. The standard InChI is InChI=1S/C44H74N2O2/c1-9-13-15-17-19-21-31-45(5,6)33-23-35-47-43-30-28-40(38-41(43)26-12-4)42-37-39(25-11-3)27-29-44(42)48-36-24-34-46(7,8)32-22-20-18-16-14-10-2/h11-12,27-30,37-38H,3-4,9-10,13-26,31-36H2,1-2,5-8H3/q+2. The first-order valence-electron chi connectivity index (χ1n) is 19.5. The average Bonchev–Trinajstić information content (AvgIpc) is 3.06. The molecule has 0 aliphatic rings. The fraction of sp³-hybridized carbons (Fsp3) is 0.636. The van der Waals surface area contributed by atoms with Crippen LogP contribution in [0, 0.1) is 0 Å². The zero-order valence-electron chi connectivity index (χ0n) is 32.3. The molecular weight excluding hydrogens is 588 g/mol. The molecule has 0 fully saturated rings. The minimum Gasteiger partial charge on any atom is -0.493 e. The van der Waals surface area contributed by atoms with E-state index >= 15 is 0 Å². The van der Waals surface area contributed by atoms with Gasteiger partial charge in [-0.2, -0.15) is 0 Å². The Morgan fingerprint density at radius 1 is 0.542 bits per heavy atom. The highest BCUT2D eigenvalue weighted by molar-refractivity contribution is 5.73. The molecule has 0 atom stereocenters. The van der Waals surface area contributed by atoms with Gasteiger partial charge >= 0.3 is 0 Å². The molecule has 0 aliphatic heterocycles. The largest absolute Gasteiger partial charge is 0.493 e. The van der Waals surface area contributed by atoms with E-state index in [0.717, 1.165) is 83.6 Å². The van der Waals surface area contributed by atoms with Crippen LogP contribution in [0.5, 0.6) is 11.5 Å². The molecule has 0 saturated carbocycles. The number of unbranched alkanes of at least 4 members (excludes halogenated alkanes) is 10. The van der Waals surface area contributed by atoms with Crippen molar-refractivity contribution in [2.45, 2.75) is 117 Å². The molecule has 0 unspecified atom stereocenters. The summed E-state index contributed by atoms with van der Waals surface area (Å²) in [6.45, 7) is 18.8. The van der Waals surface area contributed by atoms with Gasteiger partial charge in [0.1, 0.15) is 11.5 Å². The molecule has 0 bridgehead atoms. The van der Waals surface area contributed by atoms with E-state index < -0.39 is 0 Å². The number of rotatable bonds is 29. The number of ether oxygens (including phenoxy) is 2. The first-order valence-corrected chi connectivity index (χ1v) is 19.5. The van der Waals surface area contributed by atoms with Crippen LogP contribution in [0.1, 0.15) is 115 Å². The summed E-state index contributed by atoms with van der Waals surface area (Å²) >= 11 is 0. The van der Waals surface area contributed by atoms with Crippen LogP contribution in [0.2, 0.25) is 0 Å². The summed E-state index contributed by atoms with van der Waals surface area (Å²) in [6.07, 6.45) is 23.9. The molecule has 4 heteroatoms. The van der Waals surface area contributed by atoms with Crippen molar-refractivity contribution in [2.24, 2.45) is 0 Å². The van der Waals surface area contributed by atoms with Crippen LogP contribution in [0.3, 0.4) is 0 Å². The van der Waals surface area contributed by atoms with Gasteiger partial charge in [0.15, 0.2) is 0 Å². The van der Waals surface area contributed by atoms with Crippen molar-refractivity contribution < 1.29 is 18.4 Å². The summed E-state index contributed by atoms with van der Waals surface area (Å²) in [5.74, 6) is 1.92. The molecule has 0 N–H and O–H groups in total. The molecule has 0 amide bonds. The summed E-state index contributed by atoms with van der Waals surface area (Å²) in [5.41, 5.74) is 4.73. The summed E-state index contributed by atoms with van der Waals surface area (Å²) in [6, 6.07) is 13.2. The molecule has 4 nitrogen and oxygen atoms in total. The lowest BCUT2D eigenvalue weighted by Crippen LogP contribution is -2.41. The van der Waals surface area contributed by atoms with E-state index in [1.807, 2.05) is 12.2 Å². The maximum Gasteiger partial charge on any atom is 0.127 e. The molecular formula is C44H74N2O2+2. The zero-order chi connectivity index (χ0) is 35.1. The molecule has 48 heavy (non-hydrogen) atoms. The minimum absolute atomic E-state index is 0.723. The van der Waals surface area contributed by atoms with Crippen LogP contribution in [-0.2, 0) is 12.8 Å². The van der Waals surface area contributed by atoms with E-state index in [1.54, 1.807) is 0 Å². The second kappa shape index (κ2) is 23.7. The van der Waals surface area contributed by atoms with Crippen molar-refractivity contribution in [3.05, 3.63) is 72.8 Å². The van der Waals surface area contributed by atoms with Gasteiger partial charge < -0.3 is 18.4 Å². The van der Waals surface area contributed by atoms with E-state index in [-0.39, 0.29) is 0 Å². The van der Waals surface area contributed by atoms with Crippen LogP contribution in [0.15, 0.2) is 61.7 Å². The first kappa shape index (κ1) is 41.6. The van der Waals surface area contributed by atoms with Gasteiger partial charge in [-0.15, -0.1) is 13.2 Å². The van der Waals surface area contributed by atoms with E-state index in [0.29, 0.717) is 0 Å². The van der Waals surface area contributed by atoms with Gasteiger partial charge in [0.05, 0.1) is 67.6 Å². The summed E-state index contributed by atoms with van der Waals surface area (Å²) in [4.78, 5) is 0.